The van der Waals surface area contributed by atoms with Gasteiger partial charge in [0.05, 0.1) is 23.8 Å². The Morgan fingerprint density at radius 3 is 2.33 bits per heavy atom. The van der Waals surface area contributed by atoms with E-state index < -0.39 is 10.0 Å². The van der Waals surface area contributed by atoms with E-state index in [9.17, 15) is 13.2 Å². The molecule has 0 unspecified atom stereocenters. The van der Waals surface area contributed by atoms with Gasteiger partial charge in [-0.1, -0.05) is 42.1 Å². The van der Waals surface area contributed by atoms with Crippen molar-refractivity contribution in [1.82, 2.24) is 4.31 Å². The van der Waals surface area contributed by atoms with Gasteiger partial charge in [-0.15, -0.1) is 0 Å². The Labute approximate surface area is 197 Å². The lowest BCUT2D eigenvalue weighted by atomic mass is 10.3. The molecular formula is C24H24N2O5S2. The summed E-state index contributed by atoms with van der Waals surface area (Å²) in [6.07, 6.45) is 0. The maximum Gasteiger partial charge on any atom is 0.262 e. The zero-order valence-corrected chi connectivity index (χ0v) is 19.5. The molecule has 172 valence electrons. The van der Waals surface area contributed by atoms with Gasteiger partial charge in [-0.05, 0) is 48.5 Å². The average molecular weight is 485 g/mol. The second kappa shape index (κ2) is 10.8. The van der Waals surface area contributed by atoms with Crippen LogP contribution in [-0.4, -0.2) is 51.5 Å². The fourth-order valence-electron chi connectivity index (χ4n) is 3.25. The number of nitrogens with one attached hydrogen (secondary N) is 1. The van der Waals surface area contributed by atoms with Crippen molar-refractivity contribution in [3.05, 3.63) is 78.9 Å². The van der Waals surface area contributed by atoms with E-state index in [1.165, 1.54) is 16.4 Å². The summed E-state index contributed by atoms with van der Waals surface area (Å²) < 4.78 is 37.6. The molecule has 33 heavy (non-hydrogen) atoms. The topological polar surface area (TPSA) is 84.9 Å². The normalized spacial score (nSPS) is 14.5. The van der Waals surface area contributed by atoms with Crippen LogP contribution >= 0.6 is 11.8 Å². The van der Waals surface area contributed by atoms with Crippen molar-refractivity contribution in [3.8, 4) is 5.75 Å². The average Bonchev–Trinajstić information content (AvgIpc) is 2.85. The predicted octanol–water partition coefficient (Wildman–Crippen LogP) is 3.88. The first-order chi connectivity index (χ1) is 16.0. The van der Waals surface area contributed by atoms with Gasteiger partial charge in [0.25, 0.3) is 5.91 Å². The maximum absolute atomic E-state index is 12.7. The molecule has 1 heterocycles. The number of ether oxygens (including phenoxy) is 2. The van der Waals surface area contributed by atoms with Gasteiger partial charge < -0.3 is 14.8 Å². The molecule has 0 atom stereocenters. The second-order valence-corrected chi connectivity index (χ2v) is 10.3. The number of carbonyl (C=O) groups is 1. The fourth-order valence-corrected chi connectivity index (χ4v) is 5.58. The molecule has 0 bridgehead atoms. The van der Waals surface area contributed by atoms with Crippen LogP contribution in [0.1, 0.15) is 0 Å². The number of para-hydroxylation sites is 1. The van der Waals surface area contributed by atoms with Gasteiger partial charge in [-0.3, -0.25) is 4.79 Å². The molecular weight excluding hydrogens is 460 g/mol. The number of morpholine rings is 1. The third-order valence-electron chi connectivity index (χ3n) is 4.93. The molecule has 0 spiro atoms. The van der Waals surface area contributed by atoms with E-state index in [1.54, 1.807) is 23.9 Å². The summed E-state index contributed by atoms with van der Waals surface area (Å²) >= 11 is 1.56. The highest BCUT2D eigenvalue weighted by Gasteiger charge is 2.26. The summed E-state index contributed by atoms with van der Waals surface area (Å²) in [6, 6.07) is 23.6. The van der Waals surface area contributed by atoms with E-state index in [2.05, 4.69) is 5.32 Å². The van der Waals surface area contributed by atoms with Crippen LogP contribution in [0.5, 0.6) is 5.75 Å². The lowest BCUT2D eigenvalue weighted by Gasteiger charge is -2.26. The van der Waals surface area contributed by atoms with Gasteiger partial charge in [-0.2, -0.15) is 4.31 Å². The van der Waals surface area contributed by atoms with Crippen LogP contribution < -0.4 is 10.1 Å². The van der Waals surface area contributed by atoms with Crippen molar-refractivity contribution < 1.29 is 22.7 Å². The number of rotatable bonds is 8. The number of amides is 1. The summed E-state index contributed by atoms with van der Waals surface area (Å²) in [7, 11) is -3.57. The summed E-state index contributed by atoms with van der Waals surface area (Å²) in [5, 5.41) is 2.88. The zero-order chi connectivity index (χ0) is 23.1. The van der Waals surface area contributed by atoms with Gasteiger partial charge in [-0.25, -0.2) is 8.42 Å². The second-order valence-electron chi connectivity index (χ2n) is 7.24. The molecule has 1 amide bonds. The highest BCUT2D eigenvalue weighted by molar-refractivity contribution is 7.99. The molecule has 1 fully saturated rings. The van der Waals surface area contributed by atoms with Crippen molar-refractivity contribution >= 4 is 33.4 Å². The number of anilines is 1. The van der Waals surface area contributed by atoms with Gasteiger partial charge in [0, 0.05) is 22.9 Å². The van der Waals surface area contributed by atoms with Crippen LogP contribution in [0.4, 0.5) is 5.69 Å². The minimum absolute atomic E-state index is 0.188. The summed E-state index contributed by atoms with van der Waals surface area (Å²) in [4.78, 5) is 14.6. The number of hydrogen-bond donors (Lipinski definition) is 1. The Morgan fingerprint density at radius 2 is 1.61 bits per heavy atom. The van der Waals surface area contributed by atoms with Crippen molar-refractivity contribution in [2.75, 3.05) is 38.2 Å². The zero-order valence-electron chi connectivity index (χ0n) is 17.8. The third-order valence-corrected chi connectivity index (χ3v) is 7.93. The standard InChI is InChI=1S/C24H24N2O5S2/c27-24(25-22-8-4-5-9-23(22)32-20-6-2-1-3-7-20)18-31-19-10-12-21(13-11-19)33(28,29)26-14-16-30-17-15-26/h1-13H,14-18H2,(H,25,27). The van der Waals surface area contributed by atoms with Crippen LogP contribution in [0.25, 0.3) is 0 Å². The van der Waals surface area contributed by atoms with Gasteiger partial charge in [0.15, 0.2) is 6.61 Å². The van der Waals surface area contributed by atoms with Crippen LogP contribution in [0, 0.1) is 0 Å². The van der Waals surface area contributed by atoms with Crippen molar-refractivity contribution in [3.63, 3.8) is 0 Å². The highest BCUT2D eigenvalue weighted by atomic mass is 32.2. The molecule has 9 heteroatoms. The SMILES string of the molecule is O=C(COc1ccc(S(=O)(=O)N2CCOCC2)cc1)Nc1ccccc1Sc1ccccc1. The van der Waals surface area contributed by atoms with Gasteiger partial charge >= 0.3 is 0 Å². The molecule has 1 aliphatic heterocycles. The number of carbonyl (C=O) groups excluding carboxylic acids is 1. The van der Waals surface area contributed by atoms with Crippen molar-refractivity contribution in [2.45, 2.75) is 14.7 Å². The van der Waals surface area contributed by atoms with E-state index in [4.69, 9.17) is 9.47 Å². The smallest absolute Gasteiger partial charge is 0.262 e. The first-order valence-electron chi connectivity index (χ1n) is 10.4. The van der Waals surface area contributed by atoms with E-state index in [1.807, 2.05) is 54.6 Å². The molecule has 1 saturated heterocycles. The van der Waals surface area contributed by atoms with Crippen LogP contribution in [0.3, 0.4) is 0 Å². The first-order valence-corrected chi connectivity index (χ1v) is 12.7. The molecule has 3 aromatic carbocycles. The lowest BCUT2D eigenvalue weighted by molar-refractivity contribution is -0.118. The first kappa shape index (κ1) is 23.3. The Hall–Kier alpha value is -2.85. The summed E-state index contributed by atoms with van der Waals surface area (Å²) in [5.74, 6) is 0.110. The predicted molar refractivity (Wildman–Crippen MR) is 127 cm³/mol. The molecule has 7 nitrogen and oxygen atoms in total. The molecule has 3 aromatic rings. The minimum Gasteiger partial charge on any atom is -0.484 e. The molecule has 0 aliphatic carbocycles. The number of nitrogens with zero attached hydrogens (tertiary/aromatic N) is 1. The van der Waals surface area contributed by atoms with Crippen LogP contribution in [0.15, 0.2) is 93.5 Å². The lowest BCUT2D eigenvalue weighted by Crippen LogP contribution is -2.40. The fraction of sp³-hybridized carbons (Fsp3) is 0.208. The molecule has 1 aliphatic rings. The van der Waals surface area contributed by atoms with E-state index in [0.717, 1.165) is 9.79 Å². The molecule has 0 saturated carbocycles. The quantitative estimate of drug-likeness (QED) is 0.522. The van der Waals surface area contributed by atoms with Crippen molar-refractivity contribution in [2.24, 2.45) is 0 Å². The minimum atomic E-state index is -3.57. The molecule has 1 N–H and O–H groups in total. The largest absolute Gasteiger partial charge is 0.484 e. The van der Waals surface area contributed by atoms with Crippen LogP contribution in [0.2, 0.25) is 0 Å². The van der Waals surface area contributed by atoms with Crippen molar-refractivity contribution in [1.29, 1.82) is 0 Å². The Balaban J connectivity index is 1.34. The summed E-state index contributed by atoms with van der Waals surface area (Å²) in [6.45, 7) is 1.26. The summed E-state index contributed by atoms with van der Waals surface area (Å²) in [5.41, 5.74) is 0.701. The Kier molecular flexibility index (Phi) is 7.66. The molecule has 0 radical (unpaired) electrons. The van der Waals surface area contributed by atoms with E-state index >= 15 is 0 Å². The third kappa shape index (κ3) is 6.14. The van der Waals surface area contributed by atoms with Gasteiger partial charge in [0.1, 0.15) is 5.75 Å². The molecule has 4 rings (SSSR count). The monoisotopic (exact) mass is 484 g/mol. The van der Waals surface area contributed by atoms with Gasteiger partial charge in [0.2, 0.25) is 10.0 Å². The number of hydrogen-bond acceptors (Lipinski definition) is 6. The number of benzene rings is 3. The number of sulfonamides is 1. The van der Waals surface area contributed by atoms with E-state index in [0.29, 0.717) is 37.7 Å². The molecule has 0 aromatic heterocycles. The Morgan fingerprint density at radius 1 is 0.939 bits per heavy atom. The maximum atomic E-state index is 12.7. The highest BCUT2D eigenvalue weighted by Crippen LogP contribution is 2.33. The van der Waals surface area contributed by atoms with E-state index in [-0.39, 0.29) is 17.4 Å². The van der Waals surface area contributed by atoms with Crippen LogP contribution in [-0.2, 0) is 19.6 Å². The Bertz CT molecular complexity index is 1180.